The molecule has 0 saturated carbocycles. The second-order valence-electron chi connectivity index (χ2n) is 2.89. The van der Waals surface area contributed by atoms with Crippen molar-refractivity contribution in [3.05, 3.63) is 91.0 Å². The predicted octanol–water partition coefficient (Wildman–Crippen LogP) is 4.22. The largest absolute Gasteiger partial charge is 3.00 e. The summed E-state index contributed by atoms with van der Waals surface area (Å²) >= 11 is 0. The van der Waals surface area contributed by atoms with E-state index >= 15 is 0 Å². The third kappa shape index (κ3) is 10.1. The molecule has 3 aromatic carbocycles. The molecule has 0 unspecified atom stereocenters. The Labute approximate surface area is 136 Å². The molecule has 89 valence electrons. The Bertz CT molecular complexity index is 237. The number of hydrogen-bond donors (Lipinski definition) is 0. The first kappa shape index (κ1) is 15.6. The normalized spacial score (nSPS) is 7.50. The van der Waals surface area contributed by atoms with Crippen molar-refractivity contribution in [1.82, 2.24) is 0 Å². The zero-order valence-corrected chi connectivity index (χ0v) is 10.6. The van der Waals surface area contributed by atoms with Crippen LogP contribution in [0.3, 0.4) is 0 Å². The van der Waals surface area contributed by atoms with E-state index < -0.39 is 0 Å². The Kier molecular flexibility index (Phi) is 12.3. The first-order valence-corrected chi connectivity index (χ1v) is 5.00. The van der Waals surface area contributed by atoms with E-state index in [1.54, 1.807) is 0 Å². The van der Waals surface area contributed by atoms with Crippen LogP contribution in [-0.2, 0) is 0 Å². The minimum atomic E-state index is 0. The minimum absolute atomic E-state index is 0. The topological polar surface area (TPSA) is 0 Å². The summed E-state index contributed by atoms with van der Waals surface area (Å²) in [6, 6.07) is 30.0. The summed E-state index contributed by atoms with van der Waals surface area (Å²) in [6.45, 7) is 0. The number of rotatable bonds is 0. The molecule has 1 heteroatoms. The standard InChI is InChI=1S/3C5H5.Yb/c3*1-2-4-5-3-1;/h3*1-5H;/q3*-1;+3. The predicted molar refractivity (Wildman–Crippen MR) is 66.1 cm³/mol. The van der Waals surface area contributed by atoms with Crippen LogP contribution in [0.5, 0.6) is 0 Å². The smallest absolute Gasteiger partial charge is 0.214 e. The van der Waals surface area contributed by atoms with E-state index in [0.29, 0.717) is 0 Å². The molecule has 0 aromatic heterocycles. The second-order valence-corrected chi connectivity index (χ2v) is 2.89. The molecule has 0 atom stereocenters. The van der Waals surface area contributed by atoms with Gasteiger partial charge in [0.2, 0.25) is 0 Å². The van der Waals surface area contributed by atoms with E-state index in [-0.39, 0.29) is 46.9 Å². The number of hydrogen-bond acceptors (Lipinski definition) is 0. The van der Waals surface area contributed by atoms with Crippen LogP contribution in [0.2, 0.25) is 0 Å². The van der Waals surface area contributed by atoms with Crippen LogP contribution in [0.4, 0.5) is 0 Å². The zero-order valence-electron chi connectivity index (χ0n) is 8.93. The van der Waals surface area contributed by atoms with Crippen molar-refractivity contribution in [2.75, 3.05) is 0 Å². The fraction of sp³-hybridized carbons (Fsp3) is 0. The van der Waals surface area contributed by atoms with Crippen LogP contribution >= 0.6 is 0 Å². The van der Waals surface area contributed by atoms with Gasteiger partial charge in [-0.25, -0.2) is 36.4 Å². The van der Waals surface area contributed by atoms with Gasteiger partial charge in [0.15, 0.2) is 0 Å². The van der Waals surface area contributed by atoms with Crippen molar-refractivity contribution in [2.24, 2.45) is 0 Å². The van der Waals surface area contributed by atoms with Gasteiger partial charge in [-0.15, -0.1) is 0 Å². The van der Waals surface area contributed by atoms with Crippen LogP contribution in [0, 0.1) is 46.9 Å². The van der Waals surface area contributed by atoms with Crippen LogP contribution in [0.25, 0.3) is 0 Å². The van der Waals surface area contributed by atoms with Gasteiger partial charge >= 0.3 is 46.9 Å². The molecule has 0 aliphatic heterocycles. The van der Waals surface area contributed by atoms with Crippen molar-refractivity contribution in [2.45, 2.75) is 0 Å². The average Bonchev–Trinajstić information content (AvgIpc) is 3.09. The second kappa shape index (κ2) is 12.6. The maximum Gasteiger partial charge on any atom is 3.00 e. The maximum atomic E-state index is 2.00. The van der Waals surface area contributed by atoms with Gasteiger partial charge in [-0.2, -0.15) is 54.6 Å². The van der Waals surface area contributed by atoms with Gasteiger partial charge in [-0.05, 0) is 0 Å². The third-order valence-corrected chi connectivity index (χ3v) is 1.67. The van der Waals surface area contributed by atoms with Crippen molar-refractivity contribution in [1.29, 1.82) is 0 Å². The molecule has 0 heterocycles. The van der Waals surface area contributed by atoms with Crippen LogP contribution in [-0.4, -0.2) is 0 Å². The summed E-state index contributed by atoms with van der Waals surface area (Å²) in [5, 5.41) is 0. The Morgan fingerprint density at radius 3 is 0.625 bits per heavy atom. The molecule has 16 heavy (non-hydrogen) atoms. The van der Waals surface area contributed by atoms with Crippen molar-refractivity contribution < 1.29 is 46.9 Å². The molecule has 0 aliphatic carbocycles. The Morgan fingerprint density at radius 2 is 0.562 bits per heavy atom. The average molecular weight is 368 g/mol. The van der Waals surface area contributed by atoms with E-state index in [1.807, 2.05) is 91.0 Å². The maximum absolute atomic E-state index is 2.00. The Balaban J connectivity index is 0.000000205. The molecule has 0 aliphatic rings. The van der Waals surface area contributed by atoms with E-state index in [2.05, 4.69) is 0 Å². The van der Waals surface area contributed by atoms with E-state index in [1.165, 1.54) is 0 Å². The fourth-order valence-corrected chi connectivity index (χ4v) is 0.962. The summed E-state index contributed by atoms with van der Waals surface area (Å²) in [7, 11) is 0. The summed E-state index contributed by atoms with van der Waals surface area (Å²) in [5.74, 6) is 0. The van der Waals surface area contributed by atoms with Crippen LogP contribution in [0.15, 0.2) is 91.0 Å². The first-order chi connectivity index (χ1) is 7.50. The van der Waals surface area contributed by atoms with Crippen LogP contribution < -0.4 is 0 Å². The molecular formula is C15H15Yb. The molecule has 0 bridgehead atoms. The summed E-state index contributed by atoms with van der Waals surface area (Å²) in [5.41, 5.74) is 0. The molecule has 0 nitrogen and oxygen atoms in total. The fourth-order valence-electron chi connectivity index (χ4n) is 0.962. The van der Waals surface area contributed by atoms with Gasteiger partial charge in [0.25, 0.3) is 0 Å². The van der Waals surface area contributed by atoms with E-state index in [0.717, 1.165) is 0 Å². The SMILES string of the molecule is [Yb+3].c1cc[cH-]c1.c1cc[cH-]c1.c1cc[cH-]c1. The van der Waals surface area contributed by atoms with Crippen molar-refractivity contribution in [3.8, 4) is 0 Å². The Morgan fingerprint density at radius 1 is 0.375 bits per heavy atom. The molecule has 3 aromatic rings. The summed E-state index contributed by atoms with van der Waals surface area (Å²) in [4.78, 5) is 0. The van der Waals surface area contributed by atoms with Crippen LogP contribution in [0.1, 0.15) is 0 Å². The molecule has 0 amide bonds. The van der Waals surface area contributed by atoms with Crippen molar-refractivity contribution in [3.63, 3.8) is 0 Å². The third-order valence-electron chi connectivity index (χ3n) is 1.67. The minimum Gasteiger partial charge on any atom is -0.214 e. The quantitative estimate of drug-likeness (QED) is 0.522. The Hall–Kier alpha value is -0.431. The monoisotopic (exact) mass is 369 g/mol. The zero-order chi connectivity index (χ0) is 10.6. The molecular weight excluding hydrogens is 353 g/mol. The van der Waals surface area contributed by atoms with Gasteiger partial charge in [0.05, 0.1) is 0 Å². The van der Waals surface area contributed by atoms with Crippen molar-refractivity contribution >= 4 is 0 Å². The van der Waals surface area contributed by atoms with Gasteiger partial charge in [-0.3, -0.25) is 0 Å². The van der Waals surface area contributed by atoms with Gasteiger partial charge < -0.3 is 0 Å². The van der Waals surface area contributed by atoms with Gasteiger partial charge in [0.1, 0.15) is 0 Å². The summed E-state index contributed by atoms with van der Waals surface area (Å²) < 4.78 is 0. The van der Waals surface area contributed by atoms with Gasteiger partial charge in [0, 0.05) is 0 Å². The molecule has 0 N–H and O–H groups in total. The molecule has 0 saturated heterocycles. The van der Waals surface area contributed by atoms with E-state index in [4.69, 9.17) is 0 Å². The summed E-state index contributed by atoms with van der Waals surface area (Å²) in [6.07, 6.45) is 0. The molecule has 0 spiro atoms. The molecule has 0 fully saturated rings. The van der Waals surface area contributed by atoms with E-state index in [9.17, 15) is 0 Å². The first-order valence-electron chi connectivity index (χ1n) is 5.00. The molecule has 3 rings (SSSR count). The van der Waals surface area contributed by atoms with Gasteiger partial charge in [-0.1, -0.05) is 0 Å². The molecule has 1 radical (unpaired) electrons.